The first-order valence-electron chi connectivity index (χ1n) is 7.91. The van der Waals surface area contributed by atoms with Gasteiger partial charge in [0.2, 0.25) is 5.91 Å². The van der Waals surface area contributed by atoms with Crippen molar-refractivity contribution in [2.24, 2.45) is 5.92 Å². The van der Waals surface area contributed by atoms with Gasteiger partial charge >= 0.3 is 0 Å². The first-order chi connectivity index (χ1) is 10.6. The van der Waals surface area contributed by atoms with Crippen LogP contribution >= 0.6 is 0 Å². The van der Waals surface area contributed by atoms with Crippen molar-refractivity contribution in [2.45, 2.75) is 32.7 Å². The van der Waals surface area contributed by atoms with Crippen molar-refractivity contribution in [1.29, 1.82) is 0 Å². The van der Waals surface area contributed by atoms with E-state index in [2.05, 4.69) is 28.6 Å². The summed E-state index contributed by atoms with van der Waals surface area (Å²) in [6.45, 7) is 3.85. The molecule has 1 unspecified atom stereocenters. The van der Waals surface area contributed by atoms with Crippen LogP contribution in [0, 0.1) is 12.8 Å². The van der Waals surface area contributed by atoms with E-state index in [9.17, 15) is 4.79 Å². The van der Waals surface area contributed by atoms with Crippen LogP contribution in [0.15, 0.2) is 36.7 Å². The van der Waals surface area contributed by atoms with Gasteiger partial charge in [-0.25, -0.2) is 4.98 Å². The highest BCUT2D eigenvalue weighted by Gasteiger charge is 2.21. The number of aryl methyl sites for hydroxylation is 2. The summed E-state index contributed by atoms with van der Waals surface area (Å²) in [6.07, 6.45) is 6.51. The molecule has 1 aliphatic rings. The standard InChI is InChI=1S/C18H23N3O/c1-14-3-5-15(6-4-14)11-18(22)20(2)12-16-7-8-17-19-9-10-21(17)13-16/h3-6,9-10,16H,7-8,11-13H2,1-2H3. The van der Waals surface area contributed by atoms with Gasteiger partial charge in [0.25, 0.3) is 0 Å². The Bertz CT molecular complexity index is 645. The third-order valence-electron chi connectivity index (χ3n) is 4.47. The molecule has 4 nitrogen and oxygen atoms in total. The SMILES string of the molecule is Cc1ccc(CC(=O)N(C)CC2CCc3nccn3C2)cc1. The lowest BCUT2D eigenvalue weighted by atomic mass is 9.98. The number of amides is 1. The molecule has 2 heterocycles. The predicted molar refractivity (Wildman–Crippen MR) is 86.6 cm³/mol. The molecule has 1 atom stereocenters. The highest BCUT2D eigenvalue weighted by molar-refractivity contribution is 5.78. The Morgan fingerprint density at radius 1 is 1.36 bits per heavy atom. The molecule has 1 aliphatic heterocycles. The van der Waals surface area contributed by atoms with E-state index >= 15 is 0 Å². The minimum Gasteiger partial charge on any atom is -0.345 e. The van der Waals surface area contributed by atoms with Crippen molar-refractivity contribution in [2.75, 3.05) is 13.6 Å². The van der Waals surface area contributed by atoms with Gasteiger partial charge in [0.15, 0.2) is 0 Å². The van der Waals surface area contributed by atoms with Gasteiger partial charge in [0.1, 0.15) is 5.82 Å². The molecule has 116 valence electrons. The molecule has 0 saturated carbocycles. The fraction of sp³-hybridized carbons (Fsp3) is 0.444. The van der Waals surface area contributed by atoms with Crippen LogP contribution in [0.25, 0.3) is 0 Å². The average molecular weight is 297 g/mol. The number of hydrogen-bond acceptors (Lipinski definition) is 2. The lowest BCUT2D eigenvalue weighted by Gasteiger charge is -2.28. The fourth-order valence-corrected chi connectivity index (χ4v) is 3.09. The number of carbonyl (C=O) groups excluding carboxylic acids is 1. The molecule has 1 aromatic carbocycles. The molecule has 0 fully saturated rings. The van der Waals surface area contributed by atoms with Crippen LogP contribution in [-0.2, 0) is 24.2 Å². The molecule has 0 N–H and O–H groups in total. The number of aromatic nitrogens is 2. The molecule has 3 rings (SSSR count). The Hall–Kier alpha value is -2.10. The number of nitrogens with zero attached hydrogens (tertiary/aromatic N) is 3. The normalized spacial score (nSPS) is 17.1. The Labute approximate surface area is 131 Å². The van der Waals surface area contributed by atoms with Gasteiger partial charge in [0, 0.05) is 39.0 Å². The number of rotatable bonds is 4. The number of imidazole rings is 1. The van der Waals surface area contributed by atoms with Gasteiger partial charge in [-0.15, -0.1) is 0 Å². The molecule has 4 heteroatoms. The van der Waals surface area contributed by atoms with Crippen molar-refractivity contribution in [3.63, 3.8) is 0 Å². The summed E-state index contributed by atoms with van der Waals surface area (Å²) in [5.74, 6) is 1.89. The fourth-order valence-electron chi connectivity index (χ4n) is 3.09. The van der Waals surface area contributed by atoms with Gasteiger partial charge < -0.3 is 9.47 Å². The van der Waals surface area contributed by atoms with Crippen LogP contribution in [0.3, 0.4) is 0 Å². The largest absolute Gasteiger partial charge is 0.345 e. The van der Waals surface area contributed by atoms with E-state index in [4.69, 9.17) is 0 Å². The maximum Gasteiger partial charge on any atom is 0.226 e. The third-order valence-corrected chi connectivity index (χ3v) is 4.47. The number of benzene rings is 1. The summed E-state index contributed by atoms with van der Waals surface area (Å²) in [7, 11) is 1.92. The second kappa shape index (κ2) is 6.34. The quantitative estimate of drug-likeness (QED) is 0.869. The summed E-state index contributed by atoms with van der Waals surface area (Å²) >= 11 is 0. The maximum atomic E-state index is 12.4. The molecular weight excluding hydrogens is 274 g/mol. The highest BCUT2D eigenvalue weighted by Crippen LogP contribution is 2.19. The molecule has 0 saturated heterocycles. The zero-order chi connectivity index (χ0) is 15.5. The van der Waals surface area contributed by atoms with Gasteiger partial charge in [-0.2, -0.15) is 0 Å². The van der Waals surface area contributed by atoms with Gasteiger partial charge in [-0.3, -0.25) is 4.79 Å². The summed E-state index contributed by atoms with van der Waals surface area (Å²) in [4.78, 5) is 18.6. The third kappa shape index (κ3) is 3.38. The minimum atomic E-state index is 0.195. The van der Waals surface area contributed by atoms with Crippen molar-refractivity contribution in [3.8, 4) is 0 Å². The number of likely N-dealkylation sites (N-methyl/N-ethyl adjacent to an activating group) is 1. The van der Waals surface area contributed by atoms with E-state index in [-0.39, 0.29) is 5.91 Å². The van der Waals surface area contributed by atoms with Crippen LogP contribution in [-0.4, -0.2) is 34.0 Å². The van der Waals surface area contributed by atoms with Crippen molar-refractivity contribution >= 4 is 5.91 Å². The van der Waals surface area contributed by atoms with Crippen LogP contribution in [0.5, 0.6) is 0 Å². The first kappa shape index (κ1) is 14.8. The zero-order valence-corrected chi connectivity index (χ0v) is 13.3. The lowest BCUT2D eigenvalue weighted by molar-refractivity contribution is -0.129. The highest BCUT2D eigenvalue weighted by atomic mass is 16.2. The number of carbonyl (C=O) groups is 1. The van der Waals surface area contributed by atoms with E-state index in [0.29, 0.717) is 12.3 Å². The molecule has 0 radical (unpaired) electrons. The van der Waals surface area contributed by atoms with Crippen LogP contribution in [0.4, 0.5) is 0 Å². The molecule has 1 aromatic heterocycles. The van der Waals surface area contributed by atoms with Gasteiger partial charge in [-0.1, -0.05) is 29.8 Å². The van der Waals surface area contributed by atoms with E-state index < -0.39 is 0 Å². The van der Waals surface area contributed by atoms with Crippen molar-refractivity contribution < 1.29 is 4.79 Å². The summed E-state index contributed by atoms with van der Waals surface area (Å²) in [6, 6.07) is 8.20. The molecule has 0 bridgehead atoms. The lowest BCUT2D eigenvalue weighted by Crippen LogP contribution is -2.36. The molecule has 0 aliphatic carbocycles. The van der Waals surface area contributed by atoms with E-state index in [0.717, 1.165) is 31.5 Å². The van der Waals surface area contributed by atoms with Crippen LogP contribution in [0.1, 0.15) is 23.4 Å². The van der Waals surface area contributed by atoms with Crippen molar-refractivity contribution in [1.82, 2.24) is 14.5 Å². The van der Waals surface area contributed by atoms with Crippen molar-refractivity contribution in [3.05, 3.63) is 53.6 Å². The van der Waals surface area contributed by atoms with Crippen LogP contribution < -0.4 is 0 Å². The first-order valence-corrected chi connectivity index (χ1v) is 7.91. The Balaban J connectivity index is 1.54. The summed E-state index contributed by atoms with van der Waals surface area (Å²) in [5, 5.41) is 0. The van der Waals surface area contributed by atoms with E-state index in [1.165, 1.54) is 11.4 Å². The monoisotopic (exact) mass is 297 g/mol. The summed E-state index contributed by atoms with van der Waals surface area (Å²) in [5.41, 5.74) is 2.31. The Morgan fingerprint density at radius 3 is 2.91 bits per heavy atom. The predicted octanol–water partition coefficient (Wildman–Crippen LogP) is 2.46. The summed E-state index contributed by atoms with van der Waals surface area (Å²) < 4.78 is 2.21. The second-order valence-electron chi connectivity index (χ2n) is 6.34. The number of fused-ring (bicyclic) bond motifs is 1. The van der Waals surface area contributed by atoms with E-state index in [1.54, 1.807) is 0 Å². The molecule has 2 aromatic rings. The van der Waals surface area contributed by atoms with Crippen LogP contribution in [0.2, 0.25) is 0 Å². The topological polar surface area (TPSA) is 38.1 Å². The molecule has 1 amide bonds. The molecule has 22 heavy (non-hydrogen) atoms. The molecular formula is C18H23N3O. The smallest absolute Gasteiger partial charge is 0.226 e. The van der Waals surface area contributed by atoms with Gasteiger partial charge in [-0.05, 0) is 24.8 Å². The Morgan fingerprint density at radius 2 is 2.14 bits per heavy atom. The number of hydrogen-bond donors (Lipinski definition) is 0. The minimum absolute atomic E-state index is 0.195. The Kier molecular flexibility index (Phi) is 4.27. The maximum absolute atomic E-state index is 12.4. The molecule has 0 spiro atoms. The zero-order valence-electron chi connectivity index (χ0n) is 13.3. The van der Waals surface area contributed by atoms with Gasteiger partial charge in [0.05, 0.1) is 6.42 Å². The second-order valence-corrected chi connectivity index (χ2v) is 6.34. The van der Waals surface area contributed by atoms with E-state index in [1.807, 2.05) is 36.5 Å². The average Bonchev–Trinajstić information content (AvgIpc) is 2.97.